The highest BCUT2D eigenvalue weighted by Crippen LogP contribution is 2.37. The molecule has 244 valence electrons. The number of carboxylic acids is 1. The van der Waals surface area contributed by atoms with Crippen LogP contribution in [-0.2, 0) is 26.2 Å². The van der Waals surface area contributed by atoms with Gasteiger partial charge in [0.2, 0.25) is 15.9 Å². The summed E-state index contributed by atoms with van der Waals surface area (Å²) in [5, 5.41) is 11.1. The number of carbonyl (C=O) groups is 3. The predicted molar refractivity (Wildman–Crippen MR) is 163 cm³/mol. The molecule has 2 amide bonds. The van der Waals surface area contributed by atoms with E-state index >= 15 is 0 Å². The van der Waals surface area contributed by atoms with E-state index in [2.05, 4.69) is 16.4 Å². The van der Waals surface area contributed by atoms with Crippen molar-refractivity contribution in [2.45, 2.75) is 64.1 Å². The largest absolute Gasteiger partial charge is 0.490 e. The number of aromatic amines is 1. The molecule has 1 aromatic heterocycles. The Morgan fingerprint density at radius 2 is 1.69 bits per heavy atom. The van der Waals surface area contributed by atoms with Gasteiger partial charge in [-0.15, -0.1) is 0 Å². The van der Waals surface area contributed by atoms with Crippen LogP contribution in [0, 0.1) is 5.92 Å². The summed E-state index contributed by atoms with van der Waals surface area (Å²) in [7, 11) is -3.20. The molecular weight excluding hydrogens is 613 g/mol. The number of hydrogen-bond donors (Lipinski definition) is 4. The van der Waals surface area contributed by atoms with Crippen LogP contribution in [0.5, 0.6) is 0 Å². The molecule has 1 saturated heterocycles. The Kier molecular flexibility index (Phi) is 10.6. The number of primary amides is 1. The minimum atomic E-state index is -5.08. The fourth-order valence-corrected chi connectivity index (χ4v) is 7.09. The standard InChI is InChI=1S/C29H36N4O4S.C2HF3O2/c1-2-38(36,37)33-12-10-20(11-13-33)26-18-31-27-24(26)15-23(16-25(27)28(30)34)22-9-5-6-19(14-22)17-32-29(35)21-7-3-4-8-21;3-2(4,5)1(6)7/h5-6,9,14-16,18,20-21,31H,2-4,7-8,10-13,17H2,1H3,(H2,30,34)(H,32,35);(H,6,7). The minimum Gasteiger partial charge on any atom is -0.475 e. The molecule has 5 rings (SSSR count). The maximum absolute atomic E-state index is 12.5. The molecular formula is C31H37F3N4O6S. The normalized spacial score (nSPS) is 16.7. The van der Waals surface area contributed by atoms with Gasteiger partial charge in [0.15, 0.2) is 0 Å². The summed E-state index contributed by atoms with van der Waals surface area (Å²) in [5.41, 5.74) is 10.8. The molecule has 2 aliphatic rings. The molecule has 1 aliphatic carbocycles. The van der Waals surface area contributed by atoms with Gasteiger partial charge in [-0.3, -0.25) is 9.59 Å². The van der Waals surface area contributed by atoms with Crippen LogP contribution in [0.3, 0.4) is 0 Å². The van der Waals surface area contributed by atoms with Crippen molar-refractivity contribution < 1.29 is 41.1 Å². The molecule has 0 spiro atoms. The molecule has 45 heavy (non-hydrogen) atoms. The van der Waals surface area contributed by atoms with Gasteiger partial charge in [-0.25, -0.2) is 17.5 Å². The number of rotatable bonds is 8. The summed E-state index contributed by atoms with van der Waals surface area (Å²) in [4.78, 5) is 37.1. The Morgan fingerprint density at radius 3 is 2.27 bits per heavy atom. The molecule has 1 aliphatic heterocycles. The first-order valence-electron chi connectivity index (χ1n) is 14.8. The highest BCUT2D eigenvalue weighted by atomic mass is 32.2. The van der Waals surface area contributed by atoms with E-state index < -0.39 is 28.1 Å². The number of amides is 2. The lowest BCUT2D eigenvalue weighted by Crippen LogP contribution is -2.38. The number of benzene rings is 2. The fraction of sp³-hybridized carbons (Fsp3) is 0.452. The number of sulfonamides is 1. The number of nitrogens with one attached hydrogen (secondary N) is 2. The van der Waals surface area contributed by atoms with E-state index in [0.29, 0.717) is 30.7 Å². The third-order valence-electron chi connectivity index (χ3n) is 8.43. The van der Waals surface area contributed by atoms with Crippen molar-refractivity contribution in [1.82, 2.24) is 14.6 Å². The highest BCUT2D eigenvalue weighted by Gasteiger charge is 2.38. The zero-order chi connectivity index (χ0) is 32.9. The molecule has 3 aromatic rings. The Hall–Kier alpha value is -3.91. The Bertz CT molecular complexity index is 1660. The van der Waals surface area contributed by atoms with E-state index in [4.69, 9.17) is 15.6 Å². The average molecular weight is 651 g/mol. The van der Waals surface area contributed by atoms with Crippen LogP contribution in [0.15, 0.2) is 42.6 Å². The molecule has 2 heterocycles. The van der Waals surface area contributed by atoms with E-state index in [9.17, 15) is 31.2 Å². The predicted octanol–water partition coefficient (Wildman–Crippen LogP) is 4.90. The van der Waals surface area contributed by atoms with Crippen LogP contribution in [-0.4, -0.2) is 65.6 Å². The smallest absolute Gasteiger partial charge is 0.475 e. The summed E-state index contributed by atoms with van der Waals surface area (Å²) in [5.74, 6) is -2.72. The summed E-state index contributed by atoms with van der Waals surface area (Å²) in [6.07, 6.45) is 2.47. The van der Waals surface area contributed by atoms with Crippen molar-refractivity contribution in [3.05, 3.63) is 59.3 Å². The second-order valence-corrected chi connectivity index (χ2v) is 13.6. The lowest BCUT2D eigenvalue weighted by atomic mass is 9.88. The van der Waals surface area contributed by atoms with Gasteiger partial charge in [0, 0.05) is 37.1 Å². The average Bonchev–Trinajstić information content (AvgIpc) is 3.70. The third kappa shape index (κ3) is 8.23. The van der Waals surface area contributed by atoms with Gasteiger partial charge < -0.3 is 21.1 Å². The van der Waals surface area contributed by atoms with Crippen molar-refractivity contribution >= 4 is 38.7 Å². The summed E-state index contributed by atoms with van der Waals surface area (Å²) >= 11 is 0. The molecule has 5 N–H and O–H groups in total. The first-order valence-corrected chi connectivity index (χ1v) is 16.4. The minimum absolute atomic E-state index is 0.111. The number of aliphatic carboxylic acids is 1. The fourth-order valence-electron chi connectivity index (χ4n) is 5.96. The second kappa shape index (κ2) is 14.0. The lowest BCUT2D eigenvalue weighted by molar-refractivity contribution is -0.192. The molecule has 10 nitrogen and oxygen atoms in total. The summed E-state index contributed by atoms with van der Waals surface area (Å²) < 4.78 is 57.9. The zero-order valence-electron chi connectivity index (χ0n) is 24.8. The second-order valence-electron chi connectivity index (χ2n) is 11.3. The first-order chi connectivity index (χ1) is 21.2. The maximum atomic E-state index is 12.5. The van der Waals surface area contributed by atoms with E-state index in [1.165, 1.54) is 0 Å². The Morgan fingerprint density at radius 1 is 1.04 bits per heavy atom. The quantitative estimate of drug-likeness (QED) is 0.271. The van der Waals surface area contributed by atoms with E-state index in [-0.39, 0.29) is 23.5 Å². The molecule has 14 heteroatoms. The number of nitrogens with zero attached hydrogens (tertiary/aromatic N) is 1. The van der Waals surface area contributed by atoms with Gasteiger partial charge in [-0.1, -0.05) is 31.0 Å². The molecule has 0 unspecified atom stereocenters. The van der Waals surface area contributed by atoms with Crippen LogP contribution in [0.25, 0.3) is 22.0 Å². The first kappa shape index (κ1) is 34.0. The van der Waals surface area contributed by atoms with Gasteiger partial charge in [-0.05, 0) is 79.0 Å². The van der Waals surface area contributed by atoms with Crippen molar-refractivity contribution in [2.24, 2.45) is 11.7 Å². The Balaban J connectivity index is 0.000000591. The number of alkyl halides is 3. The highest BCUT2D eigenvalue weighted by molar-refractivity contribution is 7.89. The number of aromatic nitrogens is 1. The molecule has 0 bridgehead atoms. The van der Waals surface area contributed by atoms with E-state index in [1.807, 2.05) is 36.5 Å². The number of carboxylic acid groups (broad SMARTS) is 1. The van der Waals surface area contributed by atoms with Gasteiger partial charge in [0.1, 0.15) is 0 Å². The molecule has 2 aromatic carbocycles. The van der Waals surface area contributed by atoms with Gasteiger partial charge >= 0.3 is 12.1 Å². The van der Waals surface area contributed by atoms with Crippen molar-refractivity contribution in [3.63, 3.8) is 0 Å². The molecule has 1 saturated carbocycles. The number of hydrogen-bond acceptors (Lipinski definition) is 5. The van der Waals surface area contributed by atoms with Gasteiger partial charge in [0.05, 0.1) is 16.8 Å². The van der Waals surface area contributed by atoms with Crippen LogP contribution in [0.4, 0.5) is 13.2 Å². The van der Waals surface area contributed by atoms with Crippen molar-refractivity contribution in [1.29, 1.82) is 0 Å². The topological polar surface area (TPSA) is 163 Å². The van der Waals surface area contributed by atoms with Crippen molar-refractivity contribution in [2.75, 3.05) is 18.8 Å². The number of piperidine rings is 1. The van der Waals surface area contributed by atoms with Gasteiger partial charge in [-0.2, -0.15) is 13.2 Å². The molecule has 0 atom stereocenters. The van der Waals surface area contributed by atoms with Crippen LogP contribution < -0.4 is 11.1 Å². The monoisotopic (exact) mass is 650 g/mol. The maximum Gasteiger partial charge on any atom is 0.490 e. The SMILES string of the molecule is CCS(=O)(=O)N1CCC(c2c[nH]c3c(C(N)=O)cc(-c4cccc(CNC(=O)C5CCCC5)c4)cc23)CC1.O=C(O)C(F)(F)F. The van der Waals surface area contributed by atoms with E-state index in [0.717, 1.165) is 66.2 Å². The zero-order valence-corrected chi connectivity index (χ0v) is 25.6. The number of fused-ring (bicyclic) bond motifs is 1. The number of carbonyl (C=O) groups excluding carboxylic acids is 2. The van der Waals surface area contributed by atoms with Crippen LogP contribution in [0.2, 0.25) is 0 Å². The van der Waals surface area contributed by atoms with Crippen molar-refractivity contribution in [3.8, 4) is 11.1 Å². The number of halogens is 3. The lowest BCUT2D eigenvalue weighted by Gasteiger charge is -2.31. The third-order valence-corrected chi connectivity index (χ3v) is 10.3. The summed E-state index contributed by atoms with van der Waals surface area (Å²) in [6.45, 7) is 3.12. The van der Waals surface area contributed by atoms with E-state index in [1.54, 1.807) is 11.2 Å². The van der Waals surface area contributed by atoms with Crippen LogP contribution in [0.1, 0.15) is 72.9 Å². The molecule has 2 fully saturated rings. The number of H-pyrrole nitrogens is 1. The van der Waals surface area contributed by atoms with Gasteiger partial charge in [0.25, 0.3) is 5.91 Å². The number of nitrogens with two attached hydrogens (primary N) is 1. The summed E-state index contributed by atoms with van der Waals surface area (Å²) in [6, 6.07) is 11.9. The Labute approximate surface area is 259 Å². The molecule has 0 radical (unpaired) electrons. The van der Waals surface area contributed by atoms with Crippen LogP contribution >= 0.6 is 0 Å².